The van der Waals surface area contributed by atoms with Crippen LogP contribution in [0.25, 0.3) is 0 Å². The van der Waals surface area contributed by atoms with Crippen LogP contribution in [-0.2, 0) is 10.8 Å². The van der Waals surface area contributed by atoms with Gasteiger partial charge in [0.25, 0.3) is 0 Å². The van der Waals surface area contributed by atoms with E-state index in [9.17, 15) is 0 Å². The van der Waals surface area contributed by atoms with Gasteiger partial charge in [-0.2, -0.15) is 0 Å². The second-order valence-electron chi connectivity index (χ2n) is 8.95. The molecule has 4 heteroatoms. The second-order valence-corrected chi connectivity index (χ2v) is 8.95. The molecule has 2 aromatic carbocycles. The number of nitrogens with zero attached hydrogens (tertiary/aromatic N) is 2. The van der Waals surface area contributed by atoms with Crippen LogP contribution in [0.5, 0.6) is 23.3 Å². The minimum Gasteiger partial charge on any atom is -0.438 e. The van der Waals surface area contributed by atoms with E-state index in [1.54, 1.807) is 12.4 Å². The monoisotopic (exact) mass is 376 g/mol. The molecule has 0 saturated carbocycles. The van der Waals surface area contributed by atoms with Gasteiger partial charge in [-0.15, -0.1) is 0 Å². The highest BCUT2D eigenvalue weighted by Gasteiger charge is 2.14. The SMILES string of the molecule is CC(C)(C)c1ccc(Oc2cnc(Oc3ccc(C(C)(C)C)cc3)cn2)cc1. The maximum Gasteiger partial charge on any atom is 0.238 e. The molecule has 0 unspecified atom stereocenters. The molecule has 3 rings (SSSR count). The van der Waals surface area contributed by atoms with Crippen molar-refractivity contribution < 1.29 is 9.47 Å². The largest absolute Gasteiger partial charge is 0.438 e. The van der Waals surface area contributed by atoms with E-state index in [0.29, 0.717) is 11.8 Å². The third-order valence-electron chi connectivity index (χ3n) is 4.49. The first kappa shape index (κ1) is 19.9. The highest BCUT2D eigenvalue weighted by Crippen LogP contribution is 2.28. The Hall–Kier alpha value is -2.88. The molecule has 0 aliphatic heterocycles. The van der Waals surface area contributed by atoms with Crippen molar-refractivity contribution in [3.63, 3.8) is 0 Å². The summed E-state index contributed by atoms with van der Waals surface area (Å²) in [4.78, 5) is 8.58. The summed E-state index contributed by atoms with van der Waals surface area (Å²) in [6, 6.07) is 16.1. The maximum absolute atomic E-state index is 5.78. The third kappa shape index (κ3) is 5.10. The van der Waals surface area contributed by atoms with E-state index >= 15 is 0 Å². The van der Waals surface area contributed by atoms with E-state index in [4.69, 9.17) is 9.47 Å². The molecule has 0 atom stereocenters. The van der Waals surface area contributed by atoms with Crippen molar-refractivity contribution in [3.05, 3.63) is 72.1 Å². The van der Waals surface area contributed by atoms with Gasteiger partial charge in [-0.1, -0.05) is 65.8 Å². The van der Waals surface area contributed by atoms with Crippen molar-refractivity contribution in [3.8, 4) is 23.3 Å². The second kappa shape index (κ2) is 7.63. The first-order valence-corrected chi connectivity index (χ1v) is 9.50. The number of ether oxygens (including phenoxy) is 2. The van der Waals surface area contributed by atoms with Crippen molar-refractivity contribution in [2.45, 2.75) is 52.4 Å². The van der Waals surface area contributed by atoms with E-state index in [0.717, 1.165) is 11.5 Å². The minimum atomic E-state index is 0.113. The molecule has 0 aliphatic carbocycles. The summed E-state index contributed by atoms with van der Waals surface area (Å²) >= 11 is 0. The number of hydrogen-bond donors (Lipinski definition) is 0. The summed E-state index contributed by atoms with van der Waals surface area (Å²) in [5, 5.41) is 0. The summed E-state index contributed by atoms with van der Waals surface area (Å²) < 4.78 is 11.6. The van der Waals surface area contributed by atoms with Gasteiger partial charge in [-0.05, 0) is 46.2 Å². The molecule has 3 aromatic rings. The molecule has 4 nitrogen and oxygen atoms in total. The van der Waals surface area contributed by atoms with Crippen molar-refractivity contribution in [1.29, 1.82) is 0 Å². The predicted molar refractivity (Wildman–Crippen MR) is 112 cm³/mol. The molecule has 1 heterocycles. The van der Waals surface area contributed by atoms with E-state index in [1.165, 1.54) is 11.1 Å². The Labute approximate surface area is 167 Å². The first-order valence-electron chi connectivity index (χ1n) is 9.50. The van der Waals surface area contributed by atoms with E-state index in [1.807, 2.05) is 24.3 Å². The normalized spacial score (nSPS) is 11.9. The van der Waals surface area contributed by atoms with Gasteiger partial charge < -0.3 is 9.47 Å². The fourth-order valence-corrected chi connectivity index (χ4v) is 2.70. The Morgan fingerprint density at radius 1 is 0.536 bits per heavy atom. The van der Waals surface area contributed by atoms with Gasteiger partial charge >= 0.3 is 0 Å². The Morgan fingerprint density at radius 3 is 1.11 bits per heavy atom. The molecule has 0 radical (unpaired) electrons. The van der Waals surface area contributed by atoms with E-state index in [2.05, 4.69) is 75.8 Å². The van der Waals surface area contributed by atoms with E-state index in [-0.39, 0.29) is 10.8 Å². The smallest absolute Gasteiger partial charge is 0.238 e. The van der Waals surface area contributed by atoms with Gasteiger partial charge in [0.2, 0.25) is 11.8 Å². The molecule has 0 aliphatic rings. The van der Waals surface area contributed by atoms with Crippen LogP contribution in [0.4, 0.5) is 0 Å². The molecule has 0 saturated heterocycles. The fraction of sp³-hybridized carbons (Fsp3) is 0.333. The lowest BCUT2D eigenvalue weighted by molar-refractivity contribution is 0.435. The summed E-state index contributed by atoms with van der Waals surface area (Å²) in [6.07, 6.45) is 3.13. The van der Waals surface area contributed by atoms with Gasteiger partial charge in [0, 0.05) is 0 Å². The number of hydrogen-bond acceptors (Lipinski definition) is 4. The van der Waals surface area contributed by atoms with Crippen LogP contribution in [0.3, 0.4) is 0 Å². The zero-order valence-corrected chi connectivity index (χ0v) is 17.5. The topological polar surface area (TPSA) is 44.2 Å². The Balaban J connectivity index is 1.63. The Bertz CT molecular complexity index is 823. The van der Waals surface area contributed by atoms with E-state index < -0.39 is 0 Å². The number of aromatic nitrogens is 2. The fourth-order valence-electron chi connectivity index (χ4n) is 2.70. The quantitative estimate of drug-likeness (QED) is 0.511. The van der Waals surface area contributed by atoms with Crippen LogP contribution in [-0.4, -0.2) is 9.97 Å². The van der Waals surface area contributed by atoms with Crippen molar-refractivity contribution in [2.75, 3.05) is 0 Å². The van der Waals surface area contributed by atoms with Crippen molar-refractivity contribution in [2.24, 2.45) is 0 Å². The molecular formula is C24H28N2O2. The molecule has 0 spiro atoms. The zero-order chi connectivity index (χ0) is 20.4. The Kier molecular flexibility index (Phi) is 5.41. The van der Waals surface area contributed by atoms with Gasteiger partial charge in [0.1, 0.15) is 11.5 Å². The number of benzene rings is 2. The lowest BCUT2D eigenvalue weighted by Gasteiger charge is -2.19. The molecule has 146 valence electrons. The van der Waals surface area contributed by atoms with Crippen molar-refractivity contribution >= 4 is 0 Å². The van der Waals surface area contributed by atoms with Gasteiger partial charge in [0.15, 0.2) is 0 Å². The maximum atomic E-state index is 5.78. The predicted octanol–water partition coefficient (Wildman–Crippen LogP) is 6.66. The van der Waals surface area contributed by atoms with Crippen LogP contribution in [0.1, 0.15) is 52.7 Å². The van der Waals surface area contributed by atoms with Crippen LogP contribution < -0.4 is 9.47 Å². The molecule has 28 heavy (non-hydrogen) atoms. The van der Waals surface area contributed by atoms with Crippen LogP contribution in [0, 0.1) is 0 Å². The highest BCUT2D eigenvalue weighted by molar-refractivity contribution is 5.34. The average molecular weight is 377 g/mol. The summed E-state index contributed by atoms with van der Waals surface area (Å²) in [5.41, 5.74) is 2.74. The summed E-state index contributed by atoms with van der Waals surface area (Å²) in [5.74, 6) is 2.32. The molecule has 0 amide bonds. The standard InChI is InChI=1S/C24H28N2O2/c1-23(2,3)17-7-11-19(12-8-17)27-21-15-26-22(16-25-21)28-20-13-9-18(10-14-20)24(4,5)6/h7-16H,1-6H3. The molecule has 0 fully saturated rings. The molecule has 0 bridgehead atoms. The molecule has 0 N–H and O–H groups in total. The molecule has 1 aromatic heterocycles. The van der Waals surface area contributed by atoms with Gasteiger partial charge in [-0.25, -0.2) is 9.97 Å². The first-order chi connectivity index (χ1) is 13.1. The summed E-state index contributed by atoms with van der Waals surface area (Å²) in [6.45, 7) is 13.1. The van der Waals surface area contributed by atoms with Crippen LogP contribution in [0.15, 0.2) is 60.9 Å². The zero-order valence-electron chi connectivity index (χ0n) is 17.5. The van der Waals surface area contributed by atoms with Crippen LogP contribution >= 0.6 is 0 Å². The lowest BCUT2D eigenvalue weighted by atomic mass is 9.87. The summed E-state index contributed by atoms with van der Waals surface area (Å²) in [7, 11) is 0. The average Bonchev–Trinajstić information content (AvgIpc) is 2.63. The van der Waals surface area contributed by atoms with Crippen LogP contribution in [0.2, 0.25) is 0 Å². The third-order valence-corrected chi connectivity index (χ3v) is 4.49. The van der Waals surface area contributed by atoms with Crippen molar-refractivity contribution in [1.82, 2.24) is 9.97 Å². The Morgan fingerprint density at radius 2 is 0.857 bits per heavy atom. The van der Waals surface area contributed by atoms with Gasteiger partial charge in [0.05, 0.1) is 12.4 Å². The van der Waals surface area contributed by atoms with Gasteiger partial charge in [-0.3, -0.25) is 0 Å². The lowest BCUT2D eigenvalue weighted by Crippen LogP contribution is -2.10. The molecular weight excluding hydrogens is 348 g/mol. The number of rotatable bonds is 4. The minimum absolute atomic E-state index is 0.113. The highest BCUT2D eigenvalue weighted by atomic mass is 16.5.